The van der Waals surface area contributed by atoms with Crippen molar-refractivity contribution in [2.75, 3.05) is 25.4 Å². The third kappa shape index (κ3) is 4.19. The maximum atomic E-state index is 11.8. The number of rotatable bonds is 7. The van der Waals surface area contributed by atoms with Crippen molar-refractivity contribution in [1.82, 2.24) is 20.1 Å². The molecule has 3 N–H and O–H groups in total. The molecule has 7 nitrogen and oxygen atoms in total. The minimum absolute atomic E-state index is 0.00884. The summed E-state index contributed by atoms with van der Waals surface area (Å²) in [4.78, 5) is 11.8. The van der Waals surface area contributed by atoms with Crippen LogP contribution in [0.1, 0.15) is 18.7 Å². The quantitative estimate of drug-likeness (QED) is 0.685. The first-order chi connectivity index (χ1) is 9.70. The minimum atomic E-state index is -0.00884. The third-order valence-electron chi connectivity index (χ3n) is 3.14. The molecule has 1 unspecified atom stereocenters. The molecule has 112 valence electrons. The second-order valence-corrected chi connectivity index (χ2v) is 5.64. The highest BCUT2D eigenvalue weighted by atomic mass is 32.2. The molecule has 0 radical (unpaired) electrons. The van der Waals surface area contributed by atoms with E-state index in [1.54, 1.807) is 0 Å². The Bertz CT molecular complexity index is 445. The van der Waals surface area contributed by atoms with Crippen LogP contribution in [0.15, 0.2) is 5.16 Å². The molecule has 0 spiro atoms. The molecular weight excluding hydrogens is 278 g/mol. The second kappa shape index (κ2) is 7.61. The second-order valence-electron chi connectivity index (χ2n) is 4.70. The van der Waals surface area contributed by atoms with Gasteiger partial charge in [-0.3, -0.25) is 4.79 Å². The lowest BCUT2D eigenvalue weighted by atomic mass is 10.2. The highest BCUT2D eigenvalue weighted by Crippen LogP contribution is 2.16. The molecule has 0 aliphatic carbocycles. The molecule has 1 saturated heterocycles. The van der Waals surface area contributed by atoms with Crippen molar-refractivity contribution < 1.29 is 9.53 Å². The molecular formula is C12H21N5O2S. The van der Waals surface area contributed by atoms with Crippen LogP contribution in [0.4, 0.5) is 0 Å². The summed E-state index contributed by atoms with van der Waals surface area (Å²) < 4.78 is 7.39. The van der Waals surface area contributed by atoms with Gasteiger partial charge >= 0.3 is 0 Å². The fourth-order valence-electron chi connectivity index (χ4n) is 2.07. The normalized spacial score (nSPS) is 18.4. The molecule has 2 rings (SSSR count). The van der Waals surface area contributed by atoms with E-state index in [0.717, 1.165) is 30.4 Å². The summed E-state index contributed by atoms with van der Waals surface area (Å²) in [7, 11) is 0. The number of carbonyl (C=O) groups is 1. The van der Waals surface area contributed by atoms with Gasteiger partial charge in [-0.2, -0.15) is 0 Å². The van der Waals surface area contributed by atoms with E-state index >= 15 is 0 Å². The Hall–Kier alpha value is -1.12. The minimum Gasteiger partial charge on any atom is -0.376 e. The fraction of sp³-hybridized carbons (Fsp3) is 0.750. The van der Waals surface area contributed by atoms with Gasteiger partial charge in [0.1, 0.15) is 5.82 Å². The Kier molecular flexibility index (Phi) is 5.81. The summed E-state index contributed by atoms with van der Waals surface area (Å²) in [6, 6.07) is 0. The predicted octanol–water partition coefficient (Wildman–Crippen LogP) is -0.0675. The van der Waals surface area contributed by atoms with E-state index < -0.39 is 0 Å². The number of aromatic nitrogens is 3. The Morgan fingerprint density at radius 2 is 2.45 bits per heavy atom. The van der Waals surface area contributed by atoms with Gasteiger partial charge in [-0.15, -0.1) is 10.2 Å². The smallest absolute Gasteiger partial charge is 0.230 e. The lowest BCUT2D eigenvalue weighted by molar-refractivity contribution is -0.119. The van der Waals surface area contributed by atoms with Crippen LogP contribution in [0.3, 0.4) is 0 Å². The van der Waals surface area contributed by atoms with E-state index in [1.165, 1.54) is 11.8 Å². The van der Waals surface area contributed by atoms with E-state index in [4.69, 9.17) is 10.5 Å². The van der Waals surface area contributed by atoms with Crippen LogP contribution in [0.25, 0.3) is 0 Å². The largest absolute Gasteiger partial charge is 0.376 e. The van der Waals surface area contributed by atoms with Gasteiger partial charge in [-0.25, -0.2) is 0 Å². The summed E-state index contributed by atoms with van der Waals surface area (Å²) in [5.74, 6) is 1.14. The van der Waals surface area contributed by atoms with Crippen LogP contribution in [-0.2, 0) is 16.1 Å². The average molecular weight is 299 g/mol. The number of thioether (sulfide) groups is 1. The first kappa shape index (κ1) is 15.3. The van der Waals surface area contributed by atoms with Crippen molar-refractivity contribution in [3.05, 3.63) is 5.82 Å². The number of hydrogen-bond donors (Lipinski definition) is 2. The zero-order valence-electron chi connectivity index (χ0n) is 11.7. The van der Waals surface area contributed by atoms with Crippen molar-refractivity contribution in [2.45, 2.75) is 37.6 Å². The van der Waals surface area contributed by atoms with E-state index in [1.807, 2.05) is 11.5 Å². The van der Waals surface area contributed by atoms with Gasteiger partial charge in [-0.1, -0.05) is 11.8 Å². The number of nitrogens with zero attached hydrogens (tertiary/aromatic N) is 3. The van der Waals surface area contributed by atoms with Crippen LogP contribution in [-0.4, -0.2) is 52.2 Å². The van der Waals surface area contributed by atoms with Gasteiger partial charge in [0.2, 0.25) is 5.91 Å². The number of aryl methyl sites for hydroxylation is 1. The zero-order chi connectivity index (χ0) is 14.4. The van der Waals surface area contributed by atoms with Crippen LogP contribution in [0, 0.1) is 6.92 Å². The molecule has 1 aliphatic rings. The van der Waals surface area contributed by atoms with Gasteiger partial charge < -0.3 is 20.4 Å². The molecule has 1 amide bonds. The van der Waals surface area contributed by atoms with Crippen molar-refractivity contribution in [2.24, 2.45) is 5.73 Å². The zero-order valence-corrected chi connectivity index (χ0v) is 12.5. The lowest BCUT2D eigenvalue weighted by Gasteiger charge is -2.10. The maximum Gasteiger partial charge on any atom is 0.230 e. The summed E-state index contributed by atoms with van der Waals surface area (Å²) in [5.41, 5.74) is 5.55. The molecule has 0 bridgehead atoms. The van der Waals surface area contributed by atoms with Crippen molar-refractivity contribution in [3.63, 3.8) is 0 Å². The number of amides is 1. The number of ether oxygens (including phenoxy) is 1. The topological polar surface area (TPSA) is 95.1 Å². The molecule has 0 saturated carbocycles. The lowest BCUT2D eigenvalue weighted by Crippen LogP contribution is -2.33. The SMILES string of the molecule is Cc1nnc(SCC(=O)NCC2CCCO2)n1CCN. The first-order valence-corrected chi connectivity index (χ1v) is 7.80. The van der Waals surface area contributed by atoms with Crippen LogP contribution >= 0.6 is 11.8 Å². The molecule has 1 atom stereocenters. The molecule has 2 heterocycles. The van der Waals surface area contributed by atoms with Gasteiger partial charge in [0.05, 0.1) is 11.9 Å². The fourth-order valence-corrected chi connectivity index (χ4v) is 2.91. The molecule has 1 fully saturated rings. The average Bonchev–Trinajstić information content (AvgIpc) is 3.06. The Morgan fingerprint density at radius 1 is 1.60 bits per heavy atom. The molecule has 20 heavy (non-hydrogen) atoms. The van der Waals surface area contributed by atoms with Crippen LogP contribution in [0.2, 0.25) is 0 Å². The first-order valence-electron chi connectivity index (χ1n) is 6.81. The molecule has 1 aromatic heterocycles. The van der Waals surface area contributed by atoms with Gasteiger partial charge in [0, 0.05) is 26.2 Å². The van der Waals surface area contributed by atoms with Crippen molar-refractivity contribution in [3.8, 4) is 0 Å². The standard InChI is InChI=1S/C12H21N5O2S/c1-9-15-16-12(17(9)5-4-13)20-8-11(18)14-7-10-3-2-6-19-10/h10H,2-8,13H2,1H3,(H,14,18). The van der Waals surface area contributed by atoms with Gasteiger partial charge in [0.25, 0.3) is 0 Å². The number of nitrogens with one attached hydrogen (secondary N) is 1. The molecule has 1 aromatic rings. The Labute approximate surface area is 122 Å². The van der Waals surface area contributed by atoms with E-state index in [0.29, 0.717) is 25.4 Å². The van der Waals surface area contributed by atoms with Gasteiger partial charge in [0.15, 0.2) is 5.16 Å². The van der Waals surface area contributed by atoms with E-state index in [-0.39, 0.29) is 12.0 Å². The van der Waals surface area contributed by atoms with E-state index in [2.05, 4.69) is 15.5 Å². The number of carbonyl (C=O) groups excluding carboxylic acids is 1. The summed E-state index contributed by atoms with van der Waals surface area (Å²) >= 11 is 1.38. The monoisotopic (exact) mass is 299 g/mol. The number of nitrogens with two attached hydrogens (primary N) is 1. The highest BCUT2D eigenvalue weighted by molar-refractivity contribution is 7.99. The third-order valence-corrected chi connectivity index (χ3v) is 4.10. The van der Waals surface area contributed by atoms with Crippen LogP contribution < -0.4 is 11.1 Å². The summed E-state index contributed by atoms with van der Waals surface area (Å²) in [5, 5.41) is 11.7. The summed E-state index contributed by atoms with van der Waals surface area (Å²) in [6.07, 6.45) is 2.28. The van der Waals surface area contributed by atoms with E-state index in [9.17, 15) is 4.79 Å². The van der Waals surface area contributed by atoms with Gasteiger partial charge in [-0.05, 0) is 19.8 Å². The Morgan fingerprint density at radius 3 is 3.15 bits per heavy atom. The maximum absolute atomic E-state index is 11.8. The Balaban J connectivity index is 1.75. The summed E-state index contributed by atoms with van der Waals surface area (Å²) in [6.45, 7) is 4.46. The highest BCUT2D eigenvalue weighted by Gasteiger charge is 2.16. The molecule has 0 aromatic carbocycles. The van der Waals surface area contributed by atoms with Crippen molar-refractivity contribution >= 4 is 17.7 Å². The molecule has 8 heteroatoms. The number of hydrogen-bond acceptors (Lipinski definition) is 6. The predicted molar refractivity (Wildman–Crippen MR) is 76.5 cm³/mol. The molecule has 1 aliphatic heterocycles. The van der Waals surface area contributed by atoms with Crippen LogP contribution in [0.5, 0.6) is 0 Å². The van der Waals surface area contributed by atoms with Crippen molar-refractivity contribution in [1.29, 1.82) is 0 Å².